The summed E-state index contributed by atoms with van der Waals surface area (Å²) in [5, 5.41) is 6.86. The van der Waals surface area contributed by atoms with Gasteiger partial charge in [-0.2, -0.15) is 0 Å². The zero-order valence-electron chi connectivity index (χ0n) is 14.7. The molecule has 26 heavy (non-hydrogen) atoms. The number of amides is 1. The Kier molecular flexibility index (Phi) is 5.54. The van der Waals surface area contributed by atoms with Crippen molar-refractivity contribution in [3.63, 3.8) is 0 Å². The van der Waals surface area contributed by atoms with Gasteiger partial charge in [0.25, 0.3) is 5.91 Å². The summed E-state index contributed by atoms with van der Waals surface area (Å²) in [6, 6.07) is 15.3. The summed E-state index contributed by atoms with van der Waals surface area (Å²) in [4.78, 5) is 16.7. The topological polar surface area (TPSA) is 54.0 Å². The van der Waals surface area contributed by atoms with E-state index in [1.807, 2.05) is 25.1 Å². The summed E-state index contributed by atoms with van der Waals surface area (Å²) in [6.45, 7) is 4.66. The third-order valence-electron chi connectivity index (χ3n) is 4.18. The van der Waals surface area contributed by atoms with E-state index >= 15 is 0 Å². The van der Waals surface area contributed by atoms with Gasteiger partial charge >= 0.3 is 0 Å². The molecule has 0 saturated heterocycles. The van der Waals surface area contributed by atoms with E-state index < -0.39 is 0 Å². The lowest BCUT2D eigenvalue weighted by Crippen LogP contribution is -2.13. The number of hydrogen-bond donors (Lipinski definition) is 2. The molecule has 0 bridgehead atoms. The van der Waals surface area contributed by atoms with Crippen molar-refractivity contribution < 1.29 is 4.79 Å². The number of aromatic nitrogens is 1. The highest BCUT2D eigenvalue weighted by Gasteiger charge is 2.09. The zero-order valence-corrected chi connectivity index (χ0v) is 15.5. The van der Waals surface area contributed by atoms with Gasteiger partial charge in [-0.3, -0.25) is 9.78 Å². The van der Waals surface area contributed by atoms with Crippen molar-refractivity contribution in [3.8, 4) is 0 Å². The number of halogens is 1. The second-order valence-electron chi connectivity index (χ2n) is 6.16. The second-order valence-corrected chi connectivity index (χ2v) is 6.59. The number of benzene rings is 2. The average molecular weight is 366 g/mol. The normalized spacial score (nSPS) is 10.4. The monoisotopic (exact) mass is 365 g/mol. The fourth-order valence-electron chi connectivity index (χ4n) is 2.63. The Morgan fingerprint density at radius 1 is 1.04 bits per heavy atom. The van der Waals surface area contributed by atoms with Gasteiger partial charge in [0.15, 0.2) is 0 Å². The van der Waals surface area contributed by atoms with Gasteiger partial charge in [0.2, 0.25) is 0 Å². The van der Waals surface area contributed by atoms with Crippen molar-refractivity contribution >= 4 is 28.9 Å². The SMILES string of the molecule is Cc1ccccc1CNc1cncc(C(=O)Nc2ccc(Cl)cc2C)c1. The van der Waals surface area contributed by atoms with Crippen LogP contribution in [0.3, 0.4) is 0 Å². The number of nitrogens with zero attached hydrogens (tertiary/aromatic N) is 1. The number of rotatable bonds is 5. The molecule has 0 fully saturated rings. The molecule has 0 aliphatic rings. The number of nitrogens with one attached hydrogen (secondary N) is 2. The summed E-state index contributed by atoms with van der Waals surface area (Å²) in [5.74, 6) is -0.206. The quantitative estimate of drug-likeness (QED) is 0.652. The number of carbonyl (C=O) groups excluding carboxylic acids is 1. The van der Waals surface area contributed by atoms with E-state index in [0.717, 1.165) is 16.9 Å². The Bertz CT molecular complexity index is 940. The first-order valence-corrected chi connectivity index (χ1v) is 8.71. The zero-order chi connectivity index (χ0) is 18.5. The number of pyridine rings is 1. The molecular weight excluding hydrogens is 346 g/mol. The van der Waals surface area contributed by atoms with Gasteiger partial charge in [-0.05, 0) is 54.8 Å². The van der Waals surface area contributed by atoms with Crippen LogP contribution in [0.4, 0.5) is 11.4 Å². The number of aryl methyl sites for hydroxylation is 2. The number of hydrogen-bond acceptors (Lipinski definition) is 3. The molecule has 0 radical (unpaired) electrons. The Morgan fingerprint density at radius 2 is 1.85 bits per heavy atom. The Labute approximate surface area is 158 Å². The first-order valence-electron chi connectivity index (χ1n) is 8.34. The van der Waals surface area contributed by atoms with Crippen molar-refractivity contribution in [3.05, 3.63) is 88.2 Å². The lowest BCUT2D eigenvalue weighted by molar-refractivity contribution is 0.102. The summed E-state index contributed by atoms with van der Waals surface area (Å²) < 4.78 is 0. The molecule has 3 rings (SSSR count). The fourth-order valence-corrected chi connectivity index (χ4v) is 2.85. The van der Waals surface area contributed by atoms with E-state index in [-0.39, 0.29) is 5.91 Å². The highest BCUT2D eigenvalue weighted by atomic mass is 35.5. The van der Waals surface area contributed by atoms with Crippen molar-refractivity contribution in [1.29, 1.82) is 0 Å². The van der Waals surface area contributed by atoms with Crippen LogP contribution in [0.15, 0.2) is 60.9 Å². The molecule has 0 spiro atoms. The van der Waals surface area contributed by atoms with Crippen LogP contribution in [0.5, 0.6) is 0 Å². The molecule has 1 aromatic heterocycles. The molecule has 3 aromatic rings. The van der Waals surface area contributed by atoms with Crippen LogP contribution in [0, 0.1) is 13.8 Å². The Hall–Kier alpha value is -2.85. The highest BCUT2D eigenvalue weighted by molar-refractivity contribution is 6.30. The van der Waals surface area contributed by atoms with Gasteiger partial charge in [0.1, 0.15) is 0 Å². The largest absolute Gasteiger partial charge is 0.380 e. The molecule has 1 heterocycles. The van der Waals surface area contributed by atoms with Gasteiger partial charge in [-0.15, -0.1) is 0 Å². The van der Waals surface area contributed by atoms with Crippen LogP contribution in [-0.4, -0.2) is 10.9 Å². The van der Waals surface area contributed by atoms with Gasteiger partial charge < -0.3 is 10.6 Å². The van der Waals surface area contributed by atoms with E-state index in [1.165, 1.54) is 11.1 Å². The molecule has 132 valence electrons. The van der Waals surface area contributed by atoms with Crippen molar-refractivity contribution in [1.82, 2.24) is 4.98 Å². The fraction of sp³-hybridized carbons (Fsp3) is 0.143. The molecule has 5 heteroatoms. The summed E-state index contributed by atoms with van der Waals surface area (Å²) in [5.41, 5.74) is 5.37. The van der Waals surface area contributed by atoms with Gasteiger partial charge in [-0.1, -0.05) is 35.9 Å². The lowest BCUT2D eigenvalue weighted by atomic mass is 10.1. The molecule has 0 aliphatic carbocycles. The van der Waals surface area contributed by atoms with Crippen LogP contribution in [0.1, 0.15) is 27.0 Å². The summed E-state index contributed by atoms with van der Waals surface area (Å²) >= 11 is 5.96. The summed E-state index contributed by atoms with van der Waals surface area (Å²) in [6.07, 6.45) is 3.27. The highest BCUT2D eigenvalue weighted by Crippen LogP contribution is 2.21. The lowest BCUT2D eigenvalue weighted by Gasteiger charge is -2.11. The minimum atomic E-state index is -0.206. The van der Waals surface area contributed by atoms with Gasteiger partial charge in [-0.25, -0.2) is 0 Å². The van der Waals surface area contributed by atoms with Gasteiger partial charge in [0.05, 0.1) is 11.3 Å². The minimum absolute atomic E-state index is 0.206. The van der Waals surface area contributed by atoms with E-state index in [0.29, 0.717) is 17.1 Å². The van der Waals surface area contributed by atoms with Crippen LogP contribution in [0.2, 0.25) is 5.02 Å². The maximum Gasteiger partial charge on any atom is 0.257 e. The summed E-state index contributed by atoms with van der Waals surface area (Å²) in [7, 11) is 0. The second kappa shape index (κ2) is 8.02. The smallest absolute Gasteiger partial charge is 0.257 e. The van der Waals surface area contributed by atoms with Crippen molar-refractivity contribution in [2.45, 2.75) is 20.4 Å². The average Bonchev–Trinajstić information content (AvgIpc) is 2.63. The molecular formula is C21H20ClN3O. The van der Waals surface area contributed by atoms with Crippen molar-refractivity contribution in [2.24, 2.45) is 0 Å². The van der Waals surface area contributed by atoms with Crippen LogP contribution in [0.25, 0.3) is 0 Å². The molecule has 0 saturated carbocycles. The molecule has 2 aromatic carbocycles. The minimum Gasteiger partial charge on any atom is -0.380 e. The molecule has 0 atom stereocenters. The predicted molar refractivity (Wildman–Crippen MR) is 107 cm³/mol. The third kappa shape index (κ3) is 4.41. The molecule has 1 amide bonds. The molecule has 2 N–H and O–H groups in total. The third-order valence-corrected chi connectivity index (χ3v) is 4.42. The predicted octanol–water partition coefficient (Wildman–Crippen LogP) is 5.22. The van der Waals surface area contributed by atoms with E-state index in [4.69, 9.17) is 11.6 Å². The number of anilines is 2. The number of carbonyl (C=O) groups is 1. The first-order chi connectivity index (χ1) is 12.5. The Morgan fingerprint density at radius 3 is 2.62 bits per heavy atom. The molecule has 0 unspecified atom stereocenters. The maximum atomic E-state index is 12.5. The van der Waals surface area contributed by atoms with E-state index in [1.54, 1.807) is 30.6 Å². The first kappa shape index (κ1) is 18.0. The van der Waals surface area contributed by atoms with Gasteiger partial charge in [0, 0.05) is 29.6 Å². The van der Waals surface area contributed by atoms with Crippen LogP contribution >= 0.6 is 11.6 Å². The molecule has 4 nitrogen and oxygen atoms in total. The maximum absolute atomic E-state index is 12.5. The van der Waals surface area contributed by atoms with Crippen LogP contribution < -0.4 is 10.6 Å². The van der Waals surface area contributed by atoms with Crippen LogP contribution in [-0.2, 0) is 6.54 Å². The van der Waals surface area contributed by atoms with E-state index in [9.17, 15) is 4.79 Å². The molecule has 0 aliphatic heterocycles. The van der Waals surface area contributed by atoms with E-state index in [2.05, 4.69) is 34.7 Å². The standard InChI is InChI=1S/C21H20ClN3O/c1-14-5-3-4-6-16(14)12-24-19-10-17(11-23-13-19)21(26)25-20-8-7-18(22)9-15(20)2/h3-11,13,24H,12H2,1-2H3,(H,25,26). The Balaban J connectivity index is 1.70. The van der Waals surface area contributed by atoms with Crippen molar-refractivity contribution in [2.75, 3.05) is 10.6 Å².